The van der Waals surface area contributed by atoms with Crippen LogP contribution < -0.4 is 0 Å². The molecule has 0 aromatic carbocycles. The van der Waals surface area contributed by atoms with Crippen molar-refractivity contribution in [3.05, 3.63) is 12.2 Å². The zero-order valence-corrected chi connectivity index (χ0v) is 10.7. The Morgan fingerprint density at radius 3 is 2.71 bits per heavy atom. The van der Waals surface area contributed by atoms with Crippen molar-refractivity contribution in [3.63, 3.8) is 0 Å². The monoisotopic (exact) mass is 240 g/mol. The van der Waals surface area contributed by atoms with Crippen molar-refractivity contribution in [2.24, 2.45) is 0 Å². The van der Waals surface area contributed by atoms with E-state index in [-0.39, 0.29) is 18.2 Å². The van der Waals surface area contributed by atoms with Gasteiger partial charge >= 0.3 is 5.97 Å². The number of hydrogen-bond acceptors (Lipinski definition) is 3. The van der Waals surface area contributed by atoms with E-state index in [0.29, 0.717) is 12.8 Å². The maximum Gasteiger partial charge on any atom is 0.306 e. The first-order valence-corrected chi connectivity index (χ1v) is 6.71. The van der Waals surface area contributed by atoms with E-state index >= 15 is 0 Å². The molecule has 3 heteroatoms. The summed E-state index contributed by atoms with van der Waals surface area (Å²) < 4.78 is 5.24. The number of aliphatic hydroxyl groups is 1. The van der Waals surface area contributed by atoms with Gasteiger partial charge in [-0.05, 0) is 39.0 Å². The lowest BCUT2D eigenvalue weighted by molar-refractivity contribution is -0.149. The highest BCUT2D eigenvalue weighted by molar-refractivity contribution is 5.69. The summed E-state index contributed by atoms with van der Waals surface area (Å²) in [7, 11) is 0. The fourth-order valence-electron chi connectivity index (χ4n) is 2.07. The van der Waals surface area contributed by atoms with E-state index in [0.717, 1.165) is 38.5 Å². The third-order valence-electron chi connectivity index (χ3n) is 3.01. The topological polar surface area (TPSA) is 46.5 Å². The van der Waals surface area contributed by atoms with Gasteiger partial charge in [-0.25, -0.2) is 0 Å². The standard InChI is InChI=1S/C14H24O3/c1-12-11-13(15)9-7-5-3-2-4-6-8-10-14(16)17-12/h2,4,12-13,15H,3,5-11H2,1H3/t12-,13+/m0/s1. The van der Waals surface area contributed by atoms with Crippen molar-refractivity contribution >= 4 is 5.97 Å². The molecule has 0 aliphatic carbocycles. The molecule has 2 atom stereocenters. The predicted molar refractivity (Wildman–Crippen MR) is 67.6 cm³/mol. The Morgan fingerprint density at radius 1 is 1.24 bits per heavy atom. The number of cyclic esters (lactones) is 1. The van der Waals surface area contributed by atoms with E-state index in [1.54, 1.807) is 0 Å². The van der Waals surface area contributed by atoms with Crippen molar-refractivity contribution in [1.29, 1.82) is 0 Å². The molecular weight excluding hydrogens is 216 g/mol. The van der Waals surface area contributed by atoms with Gasteiger partial charge in [0.05, 0.1) is 6.10 Å². The molecule has 0 radical (unpaired) electrons. The number of rotatable bonds is 0. The summed E-state index contributed by atoms with van der Waals surface area (Å²) in [5, 5.41) is 9.77. The van der Waals surface area contributed by atoms with Gasteiger partial charge in [0.25, 0.3) is 0 Å². The second-order valence-corrected chi connectivity index (χ2v) is 4.84. The Bertz CT molecular complexity index is 248. The molecule has 1 aliphatic heterocycles. The third kappa shape index (κ3) is 7.16. The smallest absolute Gasteiger partial charge is 0.306 e. The Morgan fingerprint density at radius 2 is 1.94 bits per heavy atom. The third-order valence-corrected chi connectivity index (χ3v) is 3.01. The highest BCUT2D eigenvalue weighted by Gasteiger charge is 2.14. The normalized spacial score (nSPS) is 29.4. The maximum atomic E-state index is 11.4. The van der Waals surface area contributed by atoms with Crippen molar-refractivity contribution in [3.8, 4) is 0 Å². The molecule has 17 heavy (non-hydrogen) atoms. The van der Waals surface area contributed by atoms with Gasteiger partial charge in [0.1, 0.15) is 6.10 Å². The minimum absolute atomic E-state index is 0.143. The van der Waals surface area contributed by atoms with E-state index in [1.807, 2.05) is 6.92 Å². The predicted octanol–water partition coefficient (Wildman–Crippen LogP) is 2.97. The molecule has 0 unspecified atom stereocenters. The number of aliphatic hydroxyl groups excluding tert-OH is 1. The number of hydrogen-bond donors (Lipinski definition) is 1. The zero-order valence-electron chi connectivity index (χ0n) is 10.7. The Balaban J connectivity index is 2.41. The summed E-state index contributed by atoms with van der Waals surface area (Å²) in [6.45, 7) is 1.85. The number of ether oxygens (including phenoxy) is 1. The summed E-state index contributed by atoms with van der Waals surface area (Å²) in [6, 6.07) is 0. The number of allylic oxidation sites excluding steroid dienone is 2. The van der Waals surface area contributed by atoms with Gasteiger partial charge in [0.15, 0.2) is 0 Å². The van der Waals surface area contributed by atoms with E-state index in [1.165, 1.54) is 0 Å². The van der Waals surface area contributed by atoms with Gasteiger partial charge in [-0.2, -0.15) is 0 Å². The zero-order chi connectivity index (χ0) is 12.5. The van der Waals surface area contributed by atoms with Crippen LogP contribution in [0.4, 0.5) is 0 Å². The molecule has 1 aliphatic rings. The lowest BCUT2D eigenvalue weighted by Gasteiger charge is -2.17. The lowest BCUT2D eigenvalue weighted by Crippen LogP contribution is -2.21. The van der Waals surface area contributed by atoms with Crippen LogP contribution >= 0.6 is 0 Å². The first-order valence-electron chi connectivity index (χ1n) is 6.71. The molecule has 0 spiro atoms. The second kappa shape index (κ2) is 8.29. The van der Waals surface area contributed by atoms with Gasteiger partial charge < -0.3 is 9.84 Å². The Kier molecular flexibility index (Phi) is 6.94. The summed E-state index contributed by atoms with van der Waals surface area (Å²) in [4.78, 5) is 11.4. The van der Waals surface area contributed by atoms with E-state index in [4.69, 9.17) is 4.74 Å². The summed E-state index contributed by atoms with van der Waals surface area (Å²) in [5.41, 5.74) is 0. The molecule has 0 fully saturated rings. The molecule has 1 heterocycles. The largest absolute Gasteiger partial charge is 0.463 e. The minimum Gasteiger partial charge on any atom is -0.463 e. The first-order chi connectivity index (χ1) is 8.18. The van der Waals surface area contributed by atoms with Crippen molar-refractivity contribution in [2.45, 2.75) is 70.5 Å². The molecule has 98 valence electrons. The van der Waals surface area contributed by atoms with Gasteiger partial charge in [-0.3, -0.25) is 4.79 Å². The summed E-state index contributed by atoms with van der Waals surface area (Å²) >= 11 is 0. The van der Waals surface area contributed by atoms with Crippen LogP contribution in [0.25, 0.3) is 0 Å². The van der Waals surface area contributed by atoms with Crippen molar-refractivity contribution < 1.29 is 14.6 Å². The number of carbonyl (C=O) groups excluding carboxylic acids is 1. The Hall–Kier alpha value is -0.830. The van der Waals surface area contributed by atoms with Crippen LogP contribution in [0.15, 0.2) is 12.2 Å². The molecule has 1 N–H and O–H groups in total. The second-order valence-electron chi connectivity index (χ2n) is 4.84. The van der Waals surface area contributed by atoms with E-state index < -0.39 is 0 Å². The average molecular weight is 240 g/mol. The molecule has 0 saturated carbocycles. The quantitative estimate of drug-likeness (QED) is 0.523. The van der Waals surface area contributed by atoms with Crippen LogP contribution in [0.3, 0.4) is 0 Å². The molecule has 0 amide bonds. The van der Waals surface area contributed by atoms with Gasteiger partial charge in [0.2, 0.25) is 0 Å². The molecule has 3 nitrogen and oxygen atoms in total. The maximum absolute atomic E-state index is 11.4. The first kappa shape index (κ1) is 14.2. The average Bonchev–Trinajstić information content (AvgIpc) is 2.25. The SMILES string of the molecule is C[C@H]1C[C@H](O)CCCCC=CCCCC(=O)O1. The number of esters is 1. The number of carbonyl (C=O) groups is 1. The van der Waals surface area contributed by atoms with Crippen LogP contribution in [0.5, 0.6) is 0 Å². The van der Waals surface area contributed by atoms with Gasteiger partial charge in [-0.15, -0.1) is 0 Å². The van der Waals surface area contributed by atoms with Crippen molar-refractivity contribution in [2.75, 3.05) is 0 Å². The van der Waals surface area contributed by atoms with Crippen LogP contribution in [-0.2, 0) is 9.53 Å². The molecule has 0 bridgehead atoms. The molecule has 0 aromatic heterocycles. The summed E-state index contributed by atoms with van der Waals surface area (Å²) in [6.07, 6.45) is 10.7. The van der Waals surface area contributed by atoms with E-state index in [9.17, 15) is 9.90 Å². The van der Waals surface area contributed by atoms with Crippen LogP contribution in [0.2, 0.25) is 0 Å². The fourth-order valence-corrected chi connectivity index (χ4v) is 2.07. The van der Waals surface area contributed by atoms with Crippen LogP contribution in [0, 0.1) is 0 Å². The van der Waals surface area contributed by atoms with Gasteiger partial charge in [0, 0.05) is 12.8 Å². The van der Waals surface area contributed by atoms with Gasteiger partial charge in [-0.1, -0.05) is 18.6 Å². The summed E-state index contributed by atoms with van der Waals surface area (Å²) in [5.74, 6) is -0.143. The lowest BCUT2D eigenvalue weighted by atomic mass is 10.0. The van der Waals surface area contributed by atoms with Crippen LogP contribution in [-0.4, -0.2) is 23.3 Å². The molecule has 0 saturated heterocycles. The molecule has 0 aromatic rings. The fraction of sp³-hybridized carbons (Fsp3) is 0.786. The minimum atomic E-state index is -0.343. The van der Waals surface area contributed by atoms with Crippen molar-refractivity contribution in [1.82, 2.24) is 0 Å². The van der Waals surface area contributed by atoms with Crippen LogP contribution in [0.1, 0.15) is 58.3 Å². The molecular formula is C14H24O3. The highest BCUT2D eigenvalue weighted by Crippen LogP contribution is 2.13. The van der Waals surface area contributed by atoms with E-state index in [2.05, 4.69) is 12.2 Å². The molecule has 1 rings (SSSR count). The highest BCUT2D eigenvalue weighted by atomic mass is 16.5. The Labute approximate surface area is 104 Å².